The van der Waals surface area contributed by atoms with Crippen molar-refractivity contribution in [1.82, 2.24) is 15.2 Å². The van der Waals surface area contributed by atoms with Crippen LogP contribution in [0, 0.1) is 6.92 Å². The molecule has 1 N–H and O–H groups in total. The van der Waals surface area contributed by atoms with Gasteiger partial charge in [0.25, 0.3) is 5.91 Å². The van der Waals surface area contributed by atoms with Gasteiger partial charge in [0, 0.05) is 42.1 Å². The lowest BCUT2D eigenvalue weighted by molar-refractivity contribution is -0.141. The number of ether oxygens (including phenoxy) is 2. The van der Waals surface area contributed by atoms with E-state index in [0.29, 0.717) is 43.8 Å². The maximum absolute atomic E-state index is 13.0. The Morgan fingerprint density at radius 2 is 2.03 bits per heavy atom. The Bertz CT molecular complexity index is 1400. The van der Waals surface area contributed by atoms with E-state index in [0.717, 1.165) is 28.5 Å². The van der Waals surface area contributed by atoms with Crippen LogP contribution in [0.3, 0.4) is 0 Å². The van der Waals surface area contributed by atoms with E-state index in [1.54, 1.807) is 24.4 Å². The zero-order valence-electron chi connectivity index (χ0n) is 20.6. The summed E-state index contributed by atoms with van der Waals surface area (Å²) in [5, 5.41) is 8.99. The van der Waals surface area contributed by atoms with Gasteiger partial charge in [-0.1, -0.05) is 6.07 Å². The first-order valence-corrected chi connectivity index (χ1v) is 12.0. The highest BCUT2D eigenvalue weighted by atomic mass is 19.4. The number of rotatable bonds is 4. The van der Waals surface area contributed by atoms with Gasteiger partial charge >= 0.3 is 12.3 Å². The third-order valence-corrected chi connectivity index (χ3v) is 6.66. The van der Waals surface area contributed by atoms with E-state index >= 15 is 0 Å². The van der Waals surface area contributed by atoms with Crippen molar-refractivity contribution in [3.63, 3.8) is 0 Å². The first kappa shape index (κ1) is 25.6. The third-order valence-electron chi connectivity index (χ3n) is 6.66. The molecule has 4 heterocycles. The van der Waals surface area contributed by atoms with E-state index in [9.17, 15) is 22.8 Å². The fraction of sp³-hybridized carbons (Fsp3) is 0.346. The van der Waals surface area contributed by atoms with Crippen LogP contribution in [0.5, 0.6) is 0 Å². The summed E-state index contributed by atoms with van der Waals surface area (Å²) in [4.78, 5) is 31.5. The number of anilines is 2. The zero-order valence-corrected chi connectivity index (χ0v) is 20.6. The molecule has 38 heavy (non-hydrogen) atoms. The fourth-order valence-corrected chi connectivity index (χ4v) is 4.71. The van der Waals surface area contributed by atoms with Crippen molar-refractivity contribution in [1.29, 1.82) is 0 Å². The number of hydrogen-bond donors (Lipinski definition) is 1. The van der Waals surface area contributed by atoms with Gasteiger partial charge in [0.1, 0.15) is 11.9 Å². The van der Waals surface area contributed by atoms with Crippen molar-refractivity contribution in [3.05, 3.63) is 65.1 Å². The van der Waals surface area contributed by atoms with Gasteiger partial charge in [-0.25, -0.2) is 9.78 Å². The average Bonchev–Trinajstić information content (AvgIpc) is 3.02. The number of benzene rings is 1. The van der Waals surface area contributed by atoms with Crippen LogP contribution >= 0.6 is 0 Å². The summed E-state index contributed by atoms with van der Waals surface area (Å²) in [5.41, 5.74) is 2.17. The van der Waals surface area contributed by atoms with E-state index in [1.165, 1.54) is 4.90 Å². The van der Waals surface area contributed by atoms with Crippen molar-refractivity contribution in [2.45, 2.75) is 38.5 Å². The van der Waals surface area contributed by atoms with Gasteiger partial charge in [-0.15, -0.1) is 5.10 Å². The van der Waals surface area contributed by atoms with Gasteiger partial charge in [-0.3, -0.25) is 9.69 Å². The number of hydrogen-bond acceptors (Lipinski definition) is 7. The predicted molar refractivity (Wildman–Crippen MR) is 131 cm³/mol. The number of nitrogens with one attached hydrogen (secondary N) is 1. The lowest BCUT2D eigenvalue weighted by Gasteiger charge is -2.29. The Kier molecular flexibility index (Phi) is 6.74. The summed E-state index contributed by atoms with van der Waals surface area (Å²) in [7, 11) is 0. The monoisotopic (exact) mass is 527 g/mol. The lowest BCUT2D eigenvalue weighted by Crippen LogP contribution is -2.36. The molecular formula is C26H24F3N5O4. The molecule has 1 aromatic carbocycles. The van der Waals surface area contributed by atoms with Crippen LogP contribution in [0.1, 0.15) is 46.4 Å². The second-order valence-electron chi connectivity index (χ2n) is 9.08. The molecule has 2 aliphatic heterocycles. The summed E-state index contributed by atoms with van der Waals surface area (Å²) in [6, 6.07) is 7.82. The number of fused-ring (bicyclic) bond motifs is 3. The Morgan fingerprint density at radius 3 is 2.79 bits per heavy atom. The normalized spacial score (nSPS) is 19.2. The molecule has 0 saturated carbocycles. The van der Waals surface area contributed by atoms with Crippen molar-refractivity contribution in [2.24, 2.45) is 0 Å². The van der Waals surface area contributed by atoms with E-state index in [1.807, 2.05) is 19.9 Å². The van der Waals surface area contributed by atoms with Crippen molar-refractivity contribution < 1.29 is 32.2 Å². The molecule has 0 aliphatic carbocycles. The minimum absolute atomic E-state index is 0.0862. The fourth-order valence-electron chi connectivity index (χ4n) is 4.71. The van der Waals surface area contributed by atoms with Crippen molar-refractivity contribution in [3.8, 4) is 11.1 Å². The highest BCUT2D eigenvalue weighted by molar-refractivity contribution is 6.04. The molecule has 2 amide bonds. The summed E-state index contributed by atoms with van der Waals surface area (Å²) in [6.45, 7) is 4.97. The van der Waals surface area contributed by atoms with Gasteiger partial charge < -0.3 is 14.8 Å². The number of alkyl halides is 3. The van der Waals surface area contributed by atoms with Crippen molar-refractivity contribution >= 4 is 23.5 Å². The van der Waals surface area contributed by atoms with E-state index < -0.39 is 30.0 Å². The molecule has 0 unspecified atom stereocenters. The van der Waals surface area contributed by atoms with Crippen LogP contribution in [-0.2, 0) is 15.7 Å². The maximum Gasteiger partial charge on any atom is 0.435 e. The van der Waals surface area contributed by atoms with Gasteiger partial charge in [0.15, 0.2) is 5.69 Å². The summed E-state index contributed by atoms with van der Waals surface area (Å²) < 4.78 is 50.2. The molecule has 0 radical (unpaired) electrons. The molecule has 1 fully saturated rings. The SMILES string of the molecule is CCN1C(=O)O[C@@H]2COCC[C@@H]2c2cc(-c3cc(NC(=O)c4cnnc(C(F)(F)F)c4)ccc3C)cnc21. The number of pyridine rings is 1. The van der Waals surface area contributed by atoms with E-state index in [-0.39, 0.29) is 11.5 Å². The van der Waals surface area contributed by atoms with Crippen LogP contribution in [0.25, 0.3) is 11.1 Å². The minimum atomic E-state index is -4.72. The summed E-state index contributed by atoms with van der Waals surface area (Å²) >= 11 is 0. The molecule has 12 heteroatoms. The Morgan fingerprint density at radius 1 is 1.21 bits per heavy atom. The van der Waals surface area contributed by atoms with Gasteiger partial charge in [0.05, 0.1) is 18.4 Å². The van der Waals surface area contributed by atoms with Crippen molar-refractivity contribution in [2.75, 3.05) is 30.0 Å². The second-order valence-corrected chi connectivity index (χ2v) is 9.08. The molecule has 2 aliphatic rings. The molecule has 5 rings (SSSR count). The molecule has 198 valence electrons. The molecule has 1 saturated heterocycles. The summed E-state index contributed by atoms with van der Waals surface area (Å²) in [6.07, 6.45) is -2.31. The number of aromatic nitrogens is 3. The molecule has 0 spiro atoms. The average molecular weight is 528 g/mol. The molecule has 3 aromatic rings. The van der Waals surface area contributed by atoms with Gasteiger partial charge in [-0.05, 0) is 55.7 Å². The van der Waals surface area contributed by atoms with Crippen LogP contribution in [0.4, 0.5) is 29.5 Å². The Hall–Kier alpha value is -4.06. The first-order valence-electron chi connectivity index (χ1n) is 12.0. The molecular weight excluding hydrogens is 503 g/mol. The smallest absolute Gasteiger partial charge is 0.435 e. The molecule has 9 nitrogen and oxygen atoms in total. The van der Waals surface area contributed by atoms with Crippen LogP contribution < -0.4 is 10.2 Å². The first-order chi connectivity index (χ1) is 18.2. The standard InChI is InChI=1S/C26H24F3N5O4/c1-3-34-23-20(18-6-7-37-13-21(18)38-25(34)36)8-15(11-30-23)19-10-17(5-4-14(19)2)32-24(35)16-9-22(26(27,28)29)33-31-12-16/h4-5,8-12,18,21H,3,6-7,13H2,1-2H3,(H,32,35)/t18-,21-/m1/s1. The number of carbonyl (C=O) groups excluding carboxylic acids is 2. The van der Waals surface area contributed by atoms with Gasteiger partial charge in [0.2, 0.25) is 0 Å². The highest BCUT2D eigenvalue weighted by Crippen LogP contribution is 2.40. The quantitative estimate of drug-likeness (QED) is 0.511. The number of aryl methyl sites for hydroxylation is 1. The Balaban J connectivity index is 1.48. The maximum atomic E-state index is 13.0. The lowest BCUT2D eigenvalue weighted by atomic mass is 9.87. The third kappa shape index (κ3) is 4.91. The largest absolute Gasteiger partial charge is 0.443 e. The van der Waals surface area contributed by atoms with Crippen LogP contribution in [0.2, 0.25) is 0 Å². The number of amides is 2. The predicted octanol–water partition coefficient (Wildman–Crippen LogP) is 4.97. The number of carbonyl (C=O) groups is 2. The summed E-state index contributed by atoms with van der Waals surface area (Å²) in [5.74, 6) is -0.292. The second kappa shape index (κ2) is 10.0. The Labute approximate surface area is 216 Å². The van der Waals surface area contributed by atoms with Gasteiger partial charge in [-0.2, -0.15) is 18.3 Å². The van der Waals surface area contributed by atoms with Crippen LogP contribution in [-0.4, -0.2) is 53.0 Å². The minimum Gasteiger partial charge on any atom is -0.443 e. The number of halogens is 3. The van der Waals surface area contributed by atoms with Crippen LogP contribution in [0.15, 0.2) is 42.7 Å². The molecule has 2 aromatic heterocycles. The topological polar surface area (TPSA) is 107 Å². The van der Waals surface area contributed by atoms with E-state index in [2.05, 4.69) is 20.5 Å². The molecule has 2 atom stereocenters. The number of nitrogens with zero attached hydrogens (tertiary/aromatic N) is 4. The zero-order chi connectivity index (χ0) is 27.0. The van der Waals surface area contributed by atoms with E-state index in [4.69, 9.17) is 9.47 Å². The highest BCUT2D eigenvalue weighted by Gasteiger charge is 2.39. The molecule has 0 bridgehead atoms.